The van der Waals surface area contributed by atoms with Gasteiger partial charge in [0, 0.05) is 36.8 Å². The number of urea groups is 1. The van der Waals surface area contributed by atoms with E-state index in [-0.39, 0.29) is 23.9 Å². The van der Waals surface area contributed by atoms with Gasteiger partial charge in [-0.05, 0) is 57.8 Å². The van der Waals surface area contributed by atoms with Gasteiger partial charge in [-0.3, -0.25) is 14.3 Å². The van der Waals surface area contributed by atoms with E-state index in [9.17, 15) is 14.4 Å². The summed E-state index contributed by atoms with van der Waals surface area (Å²) in [7, 11) is 5.78. The molecule has 2 heterocycles. The molecule has 2 aromatic carbocycles. The first-order valence-electron chi connectivity index (χ1n) is 13.1. The largest absolute Gasteiger partial charge is 0.330 e. The van der Waals surface area contributed by atoms with Crippen molar-refractivity contribution in [2.45, 2.75) is 45.3 Å². The number of aromatic nitrogens is 2. The molecule has 10 nitrogen and oxygen atoms in total. The van der Waals surface area contributed by atoms with Gasteiger partial charge in [0.15, 0.2) is 5.82 Å². The average Bonchev–Trinajstić information content (AvgIpc) is 3.37. The van der Waals surface area contributed by atoms with E-state index in [2.05, 4.69) is 21.0 Å². The molecule has 0 fully saturated rings. The second kappa shape index (κ2) is 11.3. The minimum atomic E-state index is -0.650. The molecular formula is C29H37N7O3. The highest BCUT2D eigenvalue weighted by molar-refractivity contribution is 6.04. The number of rotatable bonds is 8. The van der Waals surface area contributed by atoms with Gasteiger partial charge in [0.1, 0.15) is 0 Å². The maximum absolute atomic E-state index is 13.6. The summed E-state index contributed by atoms with van der Waals surface area (Å²) in [4.78, 5) is 42.1. The molecule has 3 N–H and O–H groups in total. The fourth-order valence-electron chi connectivity index (χ4n) is 5.04. The second-order valence-electron chi connectivity index (χ2n) is 10.6. The highest BCUT2D eigenvalue weighted by Gasteiger charge is 2.45. The van der Waals surface area contributed by atoms with Gasteiger partial charge in [-0.1, -0.05) is 37.3 Å². The highest BCUT2D eigenvalue weighted by Crippen LogP contribution is 2.42. The Morgan fingerprint density at radius 1 is 1.03 bits per heavy atom. The predicted octanol–water partition coefficient (Wildman–Crippen LogP) is 4.08. The number of fused-ring (bicyclic) bond motifs is 1. The Balaban J connectivity index is 1.52. The number of amides is 4. The average molecular weight is 532 g/mol. The van der Waals surface area contributed by atoms with Gasteiger partial charge >= 0.3 is 6.03 Å². The van der Waals surface area contributed by atoms with Crippen LogP contribution in [0.3, 0.4) is 0 Å². The first-order chi connectivity index (χ1) is 18.5. The van der Waals surface area contributed by atoms with E-state index in [4.69, 9.17) is 0 Å². The Morgan fingerprint density at radius 3 is 2.31 bits per heavy atom. The van der Waals surface area contributed by atoms with Crippen molar-refractivity contribution in [3.05, 3.63) is 77.0 Å². The van der Waals surface area contributed by atoms with Crippen LogP contribution in [0.5, 0.6) is 0 Å². The number of likely N-dealkylation sites (N-methyl/N-ethyl adjacent to an activating group) is 1. The van der Waals surface area contributed by atoms with E-state index in [1.807, 2.05) is 70.2 Å². The van der Waals surface area contributed by atoms with Gasteiger partial charge in [-0.25, -0.2) is 4.79 Å². The minimum Gasteiger partial charge on any atom is -0.330 e. The number of carbonyl (C=O) groups is 3. The monoisotopic (exact) mass is 531 g/mol. The van der Waals surface area contributed by atoms with Crippen LogP contribution in [-0.2, 0) is 23.9 Å². The molecule has 39 heavy (non-hydrogen) atoms. The molecule has 1 aliphatic heterocycles. The zero-order chi connectivity index (χ0) is 28.3. The Kier molecular flexibility index (Phi) is 8.06. The molecular weight excluding hydrogens is 494 g/mol. The second-order valence-corrected chi connectivity index (χ2v) is 10.6. The number of hydrogen-bond acceptors (Lipinski definition) is 5. The summed E-state index contributed by atoms with van der Waals surface area (Å²) in [6.45, 7) is 6.71. The number of benzene rings is 2. The lowest BCUT2D eigenvalue weighted by Gasteiger charge is -2.34. The maximum Gasteiger partial charge on any atom is 0.319 e. The Hall–Kier alpha value is -4.18. The summed E-state index contributed by atoms with van der Waals surface area (Å²) in [5, 5.41) is 13.5. The van der Waals surface area contributed by atoms with Crippen LogP contribution in [0.15, 0.2) is 54.6 Å². The van der Waals surface area contributed by atoms with E-state index in [0.29, 0.717) is 36.6 Å². The number of anilines is 2. The molecule has 0 saturated heterocycles. The standard InChI is InChI=1S/C29H37N7O3/c1-7-24(37)30-21-15-13-20(14-16-21)27(38)32-26-22-17-36(29(2,3)25(22)35(6)33-26)28(39)31-23(18-34(4)5)19-11-9-8-10-12-19/h8-16,23H,7,17-18H2,1-6H3,(H,30,37)(H,31,39)(H,32,33,38). The van der Waals surface area contributed by atoms with Crippen molar-refractivity contribution >= 4 is 29.4 Å². The lowest BCUT2D eigenvalue weighted by atomic mass is 10.0. The van der Waals surface area contributed by atoms with E-state index < -0.39 is 5.54 Å². The lowest BCUT2D eigenvalue weighted by Crippen LogP contribution is -2.49. The van der Waals surface area contributed by atoms with Gasteiger partial charge in [-0.2, -0.15) is 5.10 Å². The summed E-state index contributed by atoms with van der Waals surface area (Å²) < 4.78 is 1.73. The van der Waals surface area contributed by atoms with Gasteiger partial charge < -0.3 is 25.8 Å². The molecule has 3 aromatic rings. The normalized spacial score (nSPS) is 14.6. The Bertz CT molecular complexity index is 1350. The summed E-state index contributed by atoms with van der Waals surface area (Å²) in [6.07, 6.45) is 0.376. The molecule has 0 spiro atoms. The van der Waals surface area contributed by atoms with Crippen molar-refractivity contribution in [1.29, 1.82) is 0 Å². The van der Waals surface area contributed by atoms with Crippen LogP contribution in [0.4, 0.5) is 16.3 Å². The molecule has 0 radical (unpaired) electrons. The van der Waals surface area contributed by atoms with Crippen LogP contribution >= 0.6 is 0 Å². The quantitative estimate of drug-likeness (QED) is 0.406. The van der Waals surface area contributed by atoms with Crippen LogP contribution in [-0.4, -0.2) is 58.1 Å². The topological polar surface area (TPSA) is 112 Å². The van der Waals surface area contributed by atoms with Crippen molar-refractivity contribution in [2.75, 3.05) is 31.3 Å². The predicted molar refractivity (Wildman–Crippen MR) is 151 cm³/mol. The zero-order valence-electron chi connectivity index (χ0n) is 23.4. The van der Waals surface area contributed by atoms with Crippen molar-refractivity contribution in [1.82, 2.24) is 24.9 Å². The first kappa shape index (κ1) is 27.8. The molecule has 4 amide bonds. The SMILES string of the molecule is CCC(=O)Nc1ccc(C(=O)Nc2nn(C)c3c2CN(C(=O)NC(CN(C)C)c2ccccc2)C3(C)C)cc1. The van der Waals surface area contributed by atoms with Crippen LogP contribution in [0.1, 0.15) is 60.4 Å². The molecule has 1 atom stereocenters. The molecule has 4 rings (SSSR count). The fraction of sp³-hybridized carbons (Fsp3) is 0.379. The van der Waals surface area contributed by atoms with Crippen molar-refractivity contribution in [2.24, 2.45) is 7.05 Å². The van der Waals surface area contributed by atoms with Crippen LogP contribution in [0, 0.1) is 0 Å². The molecule has 10 heteroatoms. The highest BCUT2D eigenvalue weighted by atomic mass is 16.2. The van der Waals surface area contributed by atoms with Gasteiger partial charge in [0.2, 0.25) is 5.91 Å². The number of carbonyl (C=O) groups excluding carboxylic acids is 3. The van der Waals surface area contributed by atoms with E-state index in [1.54, 1.807) is 40.8 Å². The lowest BCUT2D eigenvalue weighted by molar-refractivity contribution is -0.115. The van der Waals surface area contributed by atoms with Crippen LogP contribution in [0.2, 0.25) is 0 Å². The molecule has 0 aliphatic carbocycles. The third-order valence-electron chi connectivity index (χ3n) is 6.99. The van der Waals surface area contributed by atoms with Crippen molar-refractivity contribution in [3.63, 3.8) is 0 Å². The number of nitrogens with zero attached hydrogens (tertiary/aromatic N) is 4. The first-order valence-corrected chi connectivity index (χ1v) is 13.1. The maximum atomic E-state index is 13.6. The molecule has 1 aromatic heterocycles. The summed E-state index contributed by atoms with van der Waals surface area (Å²) in [5.74, 6) is 0.0153. The number of aryl methyl sites for hydroxylation is 1. The Labute approximate surface area is 229 Å². The summed E-state index contributed by atoms with van der Waals surface area (Å²) in [6, 6.07) is 16.2. The molecule has 1 unspecified atom stereocenters. The number of nitrogens with one attached hydrogen (secondary N) is 3. The van der Waals surface area contributed by atoms with Gasteiger partial charge in [-0.15, -0.1) is 0 Å². The van der Waals surface area contributed by atoms with Crippen molar-refractivity contribution in [3.8, 4) is 0 Å². The number of hydrogen-bond donors (Lipinski definition) is 3. The molecule has 0 saturated carbocycles. The summed E-state index contributed by atoms with van der Waals surface area (Å²) >= 11 is 0. The fourth-order valence-corrected chi connectivity index (χ4v) is 5.04. The van der Waals surface area contributed by atoms with Crippen LogP contribution < -0.4 is 16.0 Å². The summed E-state index contributed by atoms with van der Waals surface area (Å²) in [5.41, 5.74) is 3.12. The van der Waals surface area contributed by atoms with E-state index >= 15 is 0 Å². The van der Waals surface area contributed by atoms with E-state index in [0.717, 1.165) is 16.8 Å². The van der Waals surface area contributed by atoms with E-state index in [1.165, 1.54) is 0 Å². The third kappa shape index (κ3) is 5.96. The molecule has 0 bridgehead atoms. The van der Waals surface area contributed by atoms with Gasteiger partial charge in [0.05, 0.1) is 23.8 Å². The third-order valence-corrected chi connectivity index (χ3v) is 6.99. The van der Waals surface area contributed by atoms with Crippen molar-refractivity contribution < 1.29 is 14.4 Å². The molecule has 1 aliphatic rings. The zero-order valence-corrected chi connectivity index (χ0v) is 23.4. The minimum absolute atomic E-state index is 0.0933. The smallest absolute Gasteiger partial charge is 0.319 e. The Morgan fingerprint density at radius 2 is 1.69 bits per heavy atom. The van der Waals surface area contributed by atoms with Crippen LogP contribution in [0.25, 0.3) is 0 Å². The van der Waals surface area contributed by atoms with Gasteiger partial charge in [0.25, 0.3) is 5.91 Å². The molecule has 206 valence electrons.